The van der Waals surface area contributed by atoms with Crippen LogP contribution in [0.25, 0.3) is 0 Å². The molecule has 2 N–H and O–H groups in total. The summed E-state index contributed by atoms with van der Waals surface area (Å²) in [5.74, 6) is -1.42. The Morgan fingerprint density at radius 1 is 0.889 bits per heavy atom. The first-order chi connectivity index (χ1) is 17.3. The van der Waals surface area contributed by atoms with E-state index in [2.05, 4.69) is 17.6 Å². The Morgan fingerprint density at radius 2 is 1.58 bits per heavy atom. The number of nitrogens with one attached hydrogen (secondary N) is 2. The second-order valence-electron chi connectivity index (χ2n) is 8.94. The van der Waals surface area contributed by atoms with Crippen LogP contribution in [0.3, 0.4) is 0 Å². The number of amides is 3. The fraction of sp³-hybridized carbons (Fsp3) is 0.207. The van der Waals surface area contributed by atoms with Gasteiger partial charge in [0.05, 0.1) is 5.69 Å². The van der Waals surface area contributed by atoms with E-state index >= 15 is 0 Å². The molecule has 184 valence electrons. The highest BCUT2D eigenvalue weighted by Crippen LogP contribution is 2.30. The van der Waals surface area contributed by atoms with Crippen LogP contribution in [0, 0.1) is 13.8 Å². The molecule has 0 spiro atoms. The molecule has 4 rings (SSSR count). The zero-order valence-electron chi connectivity index (χ0n) is 20.5. The van der Waals surface area contributed by atoms with Crippen molar-refractivity contribution in [1.29, 1.82) is 0 Å². The Hall–Kier alpha value is -3.90. The standard InChI is InChI=1S/C29H28ClN3O3/c1-4-5-7-20-10-12-24(13-11-20)33-28(35)25(30)26(29(33)36)31-22-9-6-8-21(17-22)27(34)32-23-15-18(2)14-19(3)16-23/h6,8-17,31H,4-5,7H2,1-3H3,(H,32,34). The monoisotopic (exact) mass is 501 g/mol. The lowest BCUT2D eigenvalue weighted by atomic mass is 10.1. The fourth-order valence-electron chi connectivity index (χ4n) is 4.17. The number of anilines is 3. The van der Waals surface area contributed by atoms with Crippen LogP contribution in [0.15, 0.2) is 77.5 Å². The Kier molecular flexibility index (Phi) is 7.55. The third-order valence-corrected chi connectivity index (χ3v) is 6.27. The molecule has 3 amide bonds. The summed E-state index contributed by atoms with van der Waals surface area (Å²) in [5.41, 5.74) is 5.24. The third kappa shape index (κ3) is 5.50. The second kappa shape index (κ2) is 10.8. The van der Waals surface area contributed by atoms with Crippen molar-refractivity contribution >= 4 is 46.4 Å². The van der Waals surface area contributed by atoms with Gasteiger partial charge in [-0.2, -0.15) is 0 Å². The summed E-state index contributed by atoms with van der Waals surface area (Å²) >= 11 is 6.28. The van der Waals surface area contributed by atoms with Crippen LogP contribution in [-0.4, -0.2) is 17.7 Å². The lowest BCUT2D eigenvalue weighted by Crippen LogP contribution is -2.32. The zero-order chi connectivity index (χ0) is 25.8. The highest BCUT2D eigenvalue weighted by atomic mass is 35.5. The molecule has 0 bridgehead atoms. The minimum atomic E-state index is -0.589. The van der Waals surface area contributed by atoms with Crippen LogP contribution in [0.2, 0.25) is 0 Å². The number of halogens is 1. The van der Waals surface area contributed by atoms with Gasteiger partial charge in [-0.05, 0) is 85.8 Å². The van der Waals surface area contributed by atoms with Gasteiger partial charge in [-0.15, -0.1) is 0 Å². The molecule has 0 fully saturated rings. The number of hydrogen-bond acceptors (Lipinski definition) is 4. The second-order valence-corrected chi connectivity index (χ2v) is 9.32. The third-order valence-electron chi connectivity index (χ3n) is 5.91. The highest BCUT2D eigenvalue weighted by molar-refractivity contribution is 6.53. The molecular formula is C29H28ClN3O3. The number of rotatable bonds is 8. The van der Waals surface area contributed by atoms with E-state index in [-0.39, 0.29) is 16.6 Å². The molecule has 0 saturated carbocycles. The molecule has 0 radical (unpaired) electrons. The molecule has 3 aromatic carbocycles. The van der Waals surface area contributed by atoms with Gasteiger partial charge in [-0.3, -0.25) is 14.4 Å². The molecule has 6 nitrogen and oxygen atoms in total. The number of aryl methyl sites for hydroxylation is 3. The molecule has 1 aliphatic rings. The summed E-state index contributed by atoms with van der Waals surface area (Å²) in [5, 5.41) is 5.65. The van der Waals surface area contributed by atoms with Crippen LogP contribution >= 0.6 is 11.6 Å². The average molecular weight is 502 g/mol. The van der Waals surface area contributed by atoms with Gasteiger partial charge in [0.1, 0.15) is 10.7 Å². The molecule has 1 heterocycles. The normalized spacial score (nSPS) is 13.4. The van der Waals surface area contributed by atoms with E-state index in [9.17, 15) is 14.4 Å². The first kappa shape index (κ1) is 25.2. The Labute approximate surface area is 216 Å². The number of hydrogen-bond donors (Lipinski definition) is 2. The van der Waals surface area contributed by atoms with Crippen LogP contribution in [0.1, 0.15) is 46.8 Å². The summed E-state index contributed by atoms with van der Waals surface area (Å²) in [6, 6.07) is 19.8. The molecule has 0 aliphatic carbocycles. The van der Waals surface area contributed by atoms with Crippen molar-refractivity contribution in [3.63, 3.8) is 0 Å². The molecule has 36 heavy (non-hydrogen) atoms. The molecule has 1 aliphatic heterocycles. The predicted octanol–water partition coefficient (Wildman–Crippen LogP) is 6.33. The van der Waals surface area contributed by atoms with E-state index in [0.29, 0.717) is 22.6 Å². The van der Waals surface area contributed by atoms with Crippen molar-refractivity contribution in [3.05, 3.63) is 99.7 Å². The quantitative estimate of drug-likeness (QED) is 0.353. The number of carbonyl (C=O) groups excluding carboxylic acids is 3. The summed E-state index contributed by atoms with van der Waals surface area (Å²) in [7, 11) is 0. The molecular weight excluding hydrogens is 474 g/mol. The van der Waals surface area contributed by atoms with Crippen molar-refractivity contribution in [2.75, 3.05) is 15.5 Å². The molecule has 0 aromatic heterocycles. The van der Waals surface area contributed by atoms with E-state index in [1.807, 2.05) is 44.2 Å². The molecule has 0 atom stereocenters. The number of carbonyl (C=O) groups is 3. The van der Waals surface area contributed by atoms with Crippen LogP contribution < -0.4 is 15.5 Å². The summed E-state index contributed by atoms with van der Waals surface area (Å²) < 4.78 is 0. The smallest absolute Gasteiger partial charge is 0.283 e. The van der Waals surface area contributed by atoms with Crippen molar-refractivity contribution in [3.8, 4) is 0 Å². The fourth-order valence-corrected chi connectivity index (χ4v) is 4.38. The molecule has 0 saturated heterocycles. The van der Waals surface area contributed by atoms with Gasteiger partial charge in [0.2, 0.25) is 0 Å². The van der Waals surface area contributed by atoms with Gasteiger partial charge in [-0.1, -0.05) is 49.2 Å². The van der Waals surface area contributed by atoms with Crippen LogP contribution in [0.5, 0.6) is 0 Å². The van der Waals surface area contributed by atoms with Gasteiger partial charge in [0, 0.05) is 16.9 Å². The van der Waals surface area contributed by atoms with Crippen molar-refractivity contribution in [1.82, 2.24) is 0 Å². The largest absolute Gasteiger partial charge is 0.350 e. The van der Waals surface area contributed by atoms with Crippen molar-refractivity contribution < 1.29 is 14.4 Å². The number of benzene rings is 3. The van der Waals surface area contributed by atoms with Gasteiger partial charge >= 0.3 is 0 Å². The van der Waals surface area contributed by atoms with Crippen LogP contribution in [-0.2, 0) is 16.0 Å². The average Bonchev–Trinajstić information content (AvgIpc) is 3.05. The van der Waals surface area contributed by atoms with Crippen molar-refractivity contribution in [2.45, 2.75) is 40.0 Å². The van der Waals surface area contributed by atoms with Crippen LogP contribution in [0.4, 0.5) is 17.1 Å². The first-order valence-electron chi connectivity index (χ1n) is 11.9. The molecule has 7 heteroatoms. The number of nitrogens with zero attached hydrogens (tertiary/aromatic N) is 1. The Morgan fingerprint density at radius 3 is 2.25 bits per heavy atom. The number of unbranched alkanes of at least 4 members (excludes halogenated alkanes) is 1. The topological polar surface area (TPSA) is 78.5 Å². The van der Waals surface area contributed by atoms with E-state index in [1.54, 1.807) is 36.4 Å². The molecule has 3 aromatic rings. The van der Waals surface area contributed by atoms with E-state index < -0.39 is 11.8 Å². The maximum Gasteiger partial charge on any atom is 0.283 e. The first-order valence-corrected chi connectivity index (χ1v) is 12.3. The lowest BCUT2D eigenvalue weighted by Gasteiger charge is -2.16. The Bertz CT molecular complexity index is 1340. The summed E-state index contributed by atoms with van der Waals surface area (Å²) in [4.78, 5) is 39.8. The van der Waals surface area contributed by atoms with Crippen molar-refractivity contribution in [2.24, 2.45) is 0 Å². The highest BCUT2D eigenvalue weighted by Gasteiger charge is 2.39. The van der Waals surface area contributed by atoms with E-state index in [1.165, 1.54) is 0 Å². The van der Waals surface area contributed by atoms with Gasteiger partial charge in [0.15, 0.2) is 0 Å². The predicted molar refractivity (Wildman–Crippen MR) is 144 cm³/mol. The van der Waals surface area contributed by atoms with E-state index in [4.69, 9.17) is 11.6 Å². The lowest BCUT2D eigenvalue weighted by molar-refractivity contribution is -0.120. The van der Waals surface area contributed by atoms with Gasteiger partial charge in [-0.25, -0.2) is 4.90 Å². The summed E-state index contributed by atoms with van der Waals surface area (Å²) in [6.07, 6.45) is 3.11. The number of imide groups is 1. The minimum Gasteiger partial charge on any atom is -0.350 e. The SMILES string of the molecule is CCCCc1ccc(N2C(=O)C(Cl)=C(Nc3cccc(C(=O)Nc4cc(C)cc(C)c4)c3)C2=O)cc1. The zero-order valence-corrected chi connectivity index (χ0v) is 21.3. The van der Waals surface area contributed by atoms with Gasteiger partial charge in [0.25, 0.3) is 17.7 Å². The Balaban J connectivity index is 1.50. The molecule has 0 unspecified atom stereocenters. The van der Waals surface area contributed by atoms with Gasteiger partial charge < -0.3 is 10.6 Å². The maximum absolute atomic E-state index is 13.1. The van der Waals surface area contributed by atoms with E-state index in [0.717, 1.165) is 40.9 Å². The minimum absolute atomic E-state index is 0.0245. The summed E-state index contributed by atoms with van der Waals surface area (Å²) in [6.45, 7) is 6.06. The maximum atomic E-state index is 13.1.